The Morgan fingerprint density at radius 2 is 1.55 bits per heavy atom. The highest BCUT2D eigenvalue weighted by atomic mass is 35.5. The number of sulfonamides is 1. The number of carbonyl (C=O) groups is 2. The number of hydrogen-bond donors (Lipinski definition) is 1. The van der Waals surface area contributed by atoms with Gasteiger partial charge in [0.25, 0.3) is 10.0 Å². The number of halogens is 2. The van der Waals surface area contributed by atoms with Gasteiger partial charge in [-0.3, -0.25) is 13.9 Å². The van der Waals surface area contributed by atoms with E-state index in [-0.39, 0.29) is 35.5 Å². The summed E-state index contributed by atoms with van der Waals surface area (Å²) in [6, 6.07) is 25.7. The monoisotopic (exact) mass is 679 g/mol. The van der Waals surface area contributed by atoms with Crippen molar-refractivity contribution < 1.29 is 27.1 Å². The fourth-order valence-electron chi connectivity index (χ4n) is 4.96. The van der Waals surface area contributed by atoms with Gasteiger partial charge in [0.15, 0.2) is 0 Å². The molecule has 248 valence electrons. The smallest absolute Gasteiger partial charge is 0.264 e. The SMILES string of the molecule is CCOc1ccc(S(=O)(=O)N(CC(=O)N(Cc2cccc(Cl)c2)[C@H](Cc2ccccc2)C(=O)N[C@H](C)CC)c2ccc(F)cc2)cc1. The number of nitrogens with zero attached hydrogens (tertiary/aromatic N) is 2. The van der Waals surface area contributed by atoms with Crippen molar-refractivity contribution in [2.45, 2.75) is 57.1 Å². The van der Waals surface area contributed by atoms with E-state index in [0.29, 0.717) is 29.4 Å². The first kappa shape index (κ1) is 35.4. The van der Waals surface area contributed by atoms with Crippen LogP contribution in [0.5, 0.6) is 5.75 Å². The van der Waals surface area contributed by atoms with Crippen molar-refractivity contribution in [3.05, 3.63) is 125 Å². The minimum Gasteiger partial charge on any atom is -0.494 e. The molecular weight excluding hydrogens is 641 g/mol. The Bertz CT molecular complexity index is 1740. The van der Waals surface area contributed by atoms with Gasteiger partial charge in [0.2, 0.25) is 11.8 Å². The normalized spacial score (nSPS) is 12.5. The Balaban J connectivity index is 1.80. The fourth-order valence-corrected chi connectivity index (χ4v) is 6.59. The van der Waals surface area contributed by atoms with Crippen LogP contribution in [0.3, 0.4) is 0 Å². The summed E-state index contributed by atoms with van der Waals surface area (Å²) in [5.74, 6) is -1.09. The molecule has 0 aliphatic carbocycles. The number of amides is 2. The minimum atomic E-state index is -4.35. The van der Waals surface area contributed by atoms with Crippen LogP contribution in [0, 0.1) is 5.82 Å². The molecule has 47 heavy (non-hydrogen) atoms. The van der Waals surface area contributed by atoms with Gasteiger partial charge in [-0.2, -0.15) is 0 Å². The van der Waals surface area contributed by atoms with Gasteiger partial charge in [0.1, 0.15) is 24.2 Å². The highest BCUT2D eigenvalue weighted by Crippen LogP contribution is 2.27. The van der Waals surface area contributed by atoms with Crippen LogP contribution in [0.2, 0.25) is 5.02 Å². The fraction of sp³-hybridized carbons (Fsp3) is 0.278. The van der Waals surface area contributed by atoms with Crippen LogP contribution in [-0.2, 0) is 32.6 Å². The number of rotatable bonds is 15. The number of nitrogens with one attached hydrogen (secondary N) is 1. The average molecular weight is 680 g/mol. The topological polar surface area (TPSA) is 96.0 Å². The van der Waals surface area contributed by atoms with E-state index in [9.17, 15) is 22.4 Å². The average Bonchev–Trinajstić information content (AvgIpc) is 3.06. The Morgan fingerprint density at radius 1 is 0.894 bits per heavy atom. The van der Waals surface area contributed by atoms with E-state index in [1.54, 1.807) is 24.3 Å². The zero-order valence-electron chi connectivity index (χ0n) is 26.6. The first-order valence-corrected chi connectivity index (χ1v) is 17.2. The summed E-state index contributed by atoms with van der Waals surface area (Å²) >= 11 is 6.29. The van der Waals surface area contributed by atoms with E-state index < -0.39 is 34.3 Å². The lowest BCUT2D eigenvalue weighted by Gasteiger charge is -2.34. The van der Waals surface area contributed by atoms with Crippen LogP contribution in [0.25, 0.3) is 0 Å². The molecule has 4 rings (SSSR count). The third kappa shape index (κ3) is 9.56. The van der Waals surface area contributed by atoms with Gasteiger partial charge in [0, 0.05) is 24.0 Å². The van der Waals surface area contributed by atoms with Crippen molar-refractivity contribution in [3.8, 4) is 5.75 Å². The van der Waals surface area contributed by atoms with Crippen LogP contribution in [0.1, 0.15) is 38.3 Å². The number of carbonyl (C=O) groups excluding carboxylic acids is 2. The van der Waals surface area contributed by atoms with Gasteiger partial charge in [-0.25, -0.2) is 12.8 Å². The molecule has 0 heterocycles. The standard InChI is InChI=1S/C36H39ClFN3O5S/c1-4-26(3)39-36(43)34(23-27-10-7-6-8-11-27)40(24-28-12-9-13-29(37)22-28)35(42)25-41(31-16-14-30(38)15-17-31)47(44,45)33-20-18-32(19-21-33)46-5-2/h6-22,26,34H,4-5,23-25H2,1-3H3,(H,39,43)/t26-,34-/m1/s1. The molecule has 8 nitrogen and oxygen atoms in total. The molecule has 0 fully saturated rings. The molecule has 0 aliphatic rings. The number of benzene rings is 4. The predicted molar refractivity (Wildman–Crippen MR) is 182 cm³/mol. The van der Waals surface area contributed by atoms with Crippen molar-refractivity contribution in [2.24, 2.45) is 0 Å². The first-order chi connectivity index (χ1) is 22.5. The molecule has 0 saturated heterocycles. The maximum absolute atomic E-state index is 14.5. The minimum absolute atomic E-state index is 0.0226. The van der Waals surface area contributed by atoms with E-state index in [1.165, 1.54) is 41.3 Å². The summed E-state index contributed by atoms with van der Waals surface area (Å²) in [4.78, 5) is 29.7. The van der Waals surface area contributed by atoms with E-state index in [4.69, 9.17) is 16.3 Å². The Hall–Kier alpha value is -4.41. The van der Waals surface area contributed by atoms with Gasteiger partial charge in [-0.05, 0) is 92.1 Å². The van der Waals surface area contributed by atoms with Gasteiger partial charge in [0.05, 0.1) is 17.2 Å². The summed E-state index contributed by atoms with van der Waals surface area (Å²) in [5, 5.41) is 3.45. The largest absolute Gasteiger partial charge is 0.494 e. The molecule has 2 atom stereocenters. The van der Waals surface area contributed by atoms with E-state index in [2.05, 4.69) is 5.32 Å². The molecule has 11 heteroatoms. The molecule has 4 aromatic rings. The molecule has 0 radical (unpaired) electrons. The van der Waals surface area contributed by atoms with Gasteiger partial charge < -0.3 is 15.0 Å². The number of hydrogen-bond acceptors (Lipinski definition) is 5. The molecule has 4 aromatic carbocycles. The van der Waals surface area contributed by atoms with Gasteiger partial charge in [-0.1, -0.05) is 61.0 Å². The van der Waals surface area contributed by atoms with E-state index in [1.807, 2.05) is 51.1 Å². The Kier molecular flexibility index (Phi) is 12.4. The van der Waals surface area contributed by atoms with Crippen LogP contribution < -0.4 is 14.4 Å². The van der Waals surface area contributed by atoms with Crippen molar-refractivity contribution in [2.75, 3.05) is 17.5 Å². The maximum atomic E-state index is 14.5. The van der Waals surface area contributed by atoms with Crippen LogP contribution in [0.15, 0.2) is 108 Å². The maximum Gasteiger partial charge on any atom is 0.264 e. The lowest BCUT2D eigenvalue weighted by atomic mass is 10.0. The Morgan fingerprint density at radius 3 is 2.17 bits per heavy atom. The molecule has 0 unspecified atom stereocenters. The van der Waals surface area contributed by atoms with Crippen molar-refractivity contribution >= 4 is 39.1 Å². The zero-order chi connectivity index (χ0) is 34.0. The van der Waals surface area contributed by atoms with Crippen LogP contribution >= 0.6 is 11.6 Å². The predicted octanol–water partition coefficient (Wildman–Crippen LogP) is 6.63. The molecule has 0 spiro atoms. The van der Waals surface area contributed by atoms with Gasteiger partial charge in [-0.15, -0.1) is 0 Å². The van der Waals surface area contributed by atoms with Crippen LogP contribution in [0.4, 0.5) is 10.1 Å². The summed E-state index contributed by atoms with van der Waals surface area (Å²) in [6.45, 7) is 5.35. The summed E-state index contributed by atoms with van der Waals surface area (Å²) in [5.41, 5.74) is 1.56. The second-order valence-electron chi connectivity index (χ2n) is 11.1. The molecule has 2 amide bonds. The zero-order valence-corrected chi connectivity index (χ0v) is 28.2. The second kappa shape index (κ2) is 16.4. The molecule has 0 bridgehead atoms. The lowest BCUT2D eigenvalue weighted by molar-refractivity contribution is -0.140. The molecule has 1 N–H and O–H groups in total. The number of anilines is 1. The first-order valence-electron chi connectivity index (χ1n) is 15.4. The summed E-state index contributed by atoms with van der Waals surface area (Å²) in [7, 11) is -4.35. The molecule has 0 saturated carbocycles. The Labute approximate surface area is 281 Å². The lowest BCUT2D eigenvalue weighted by Crippen LogP contribution is -2.54. The molecule has 0 aliphatic heterocycles. The molecular formula is C36H39ClFN3O5S. The number of ether oxygens (including phenoxy) is 1. The van der Waals surface area contributed by atoms with Crippen molar-refractivity contribution in [1.29, 1.82) is 0 Å². The highest BCUT2D eigenvalue weighted by Gasteiger charge is 2.35. The summed E-state index contributed by atoms with van der Waals surface area (Å²) in [6.07, 6.45) is 0.850. The highest BCUT2D eigenvalue weighted by molar-refractivity contribution is 7.92. The van der Waals surface area contributed by atoms with Crippen molar-refractivity contribution in [3.63, 3.8) is 0 Å². The van der Waals surface area contributed by atoms with Crippen LogP contribution in [-0.4, -0.2) is 50.4 Å². The van der Waals surface area contributed by atoms with E-state index >= 15 is 0 Å². The quantitative estimate of drug-likeness (QED) is 0.152. The third-order valence-corrected chi connectivity index (χ3v) is 9.65. The second-order valence-corrected chi connectivity index (χ2v) is 13.4. The van der Waals surface area contributed by atoms with E-state index in [0.717, 1.165) is 22.0 Å². The summed E-state index contributed by atoms with van der Waals surface area (Å²) < 4.78 is 48.7. The van der Waals surface area contributed by atoms with Crippen molar-refractivity contribution in [1.82, 2.24) is 10.2 Å². The van der Waals surface area contributed by atoms with Gasteiger partial charge >= 0.3 is 0 Å². The third-order valence-electron chi connectivity index (χ3n) is 7.63. The molecule has 0 aromatic heterocycles.